The zero-order chi connectivity index (χ0) is 17.6. The second kappa shape index (κ2) is 8.21. The van der Waals surface area contributed by atoms with E-state index in [-0.39, 0.29) is 11.8 Å². The molecule has 1 N–H and O–H groups in total. The number of nitrogens with one attached hydrogen (secondary N) is 1. The lowest BCUT2D eigenvalue weighted by Crippen LogP contribution is -2.38. The Morgan fingerprint density at radius 2 is 1.68 bits per heavy atom. The largest absolute Gasteiger partial charge is 0.365 e. The third-order valence-electron chi connectivity index (χ3n) is 4.45. The average Bonchev–Trinajstić information content (AvgIpc) is 2.95. The molecule has 1 aliphatic rings. The minimum atomic E-state index is 0.0842. The van der Waals surface area contributed by atoms with Crippen molar-refractivity contribution in [2.75, 3.05) is 26.2 Å². The van der Waals surface area contributed by atoms with E-state index in [9.17, 15) is 9.59 Å². The molecule has 2 heterocycles. The lowest BCUT2D eigenvalue weighted by molar-refractivity contribution is -0.132. The number of aromatic nitrogens is 1. The van der Waals surface area contributed by atoms with E-state index in [2.05, 4.69) is 4.98 Å². The highest BCUT2D eigenvalue weighted by Gasteiger charge is 2.22. The third-order valence-corrected chi connectivity index (χ3v) is 4.68. The van der Waals surface area contributed by atoms with Gasteiger partial charge in [0.05, 0.1) is 12.8 Å². The van der Waals surface area contributed by atoms with E-state index in [0.717, 1.165) is 17.7 Å². The highest BCUT2D eigenvalue weighted by molar-refractivity contribution is 6.30. The van der Waals surface area contributed by atoms with Crippen molar-refractivity contribution in [2.45, 2.75) is 19.3 Å². The SMILES string of the molecule is O=C(Cc1cccc(Cl)c1)N1CCCN(C(=O)Cc2ccc[nH]2)CC1. The maximum absolute atomic E-state index is 12.5. The van der Waals surface area contributed by atoms with Gasteiger partial charge in [0.1, 0.15) is 0 Å². The molecule has 3 rings (SSSR count). The summed E-state index contributed by atoms with van der Waals surface area (Å²) in [4.78, 5) is 31.7. The molecule has 6 heteroatoms. The van der Waals surface area contributed by atoms with Crippen LogP contribution in [0, 0.1) is 0 Å². The van der Waals surface area contributed by atoms with Gasteiger partial charge in [0.15, 0.2) is 0 Å². The van der Waals surface area contributed by atoms with E-state index < -0.39 is 0 Å². The Morgan fingerprint density at radius 3 is 2.32 bits per heavy atom. The van der Waals surface area contributed by atoms with Crippen molar-refractivity contribution >= 4 is 23.4 Å². The van der Waals surface area contributed by atoms with Crippen LogP contribution >= 0.6 is 11.6 Å². The summed E-state index contributed by atoms with van der Waals surface area (Å²) in [7, 11) is 0. The molecule has 0 atom stereocenters. The molecule has 132 valence electrons. The number of carbonyl (C=O) groups is 2. The van der Waals surface area contributed by atoms with E-state index in [4.69, 9.17) is 11.6 Å². The van der Waals surface area contributed by atoms with Crippen LogP contribution in [-0.4, -0.2) is 52.8 Å². The zero-order valence-electron chi connectivity index (χ0n) is 14.1. The van der Waals surface area contributed by atoms with Gasteiger partial charge in [-0.3, -0.25) is 9.59 Å². The second-order valence-corrected chi connectivity index (χ2v) is 6.73. The molecule has 1 aromatic heterocycles. The summed E-state index contributed by atoms with van der Waals surface area (Å²) in [6.45, 7) is 2.54. The summed E-state index contributed by atoms with van der Waals surface area (Å²) in [5.41, 5.74) is 1.84. The average molecular weight is 360 g/mol. The number of carbonyl (C=O) groups excluding carboxylic acids is 2. The summed E-state index contributed by atoms with van der Waals surface area (Å²) in [6.07, 6.45) is 3.35. The number of H-pyrrole nitrogens is 1. The number of halogens is 1. The standard InChI is InChI=1S/C19H22ClN3O2/c20-16-5-1-4-15(12-16)13-18(24)22-8-3-9-23(11-10-22)19(25)14-17-6-2-7-21-17/h1-2,4-7,12,21H,3,8-11,13-14H2. The fourth-order valence-corrected chi connectivity index (χ4v) is 3.31. The molecule has 1 aliphatic heterocycles. The second-order valence-electron chi connectivity index (χ2n) is 6.29. The number of rotatable bonds is 4. The summed E-state index contributed by atoms with van der Waals surface area (Å²) >= 11 is 5.98. The predicted octanol–water partition coefficient (Wildman–Crippen LogP) is 2.51. The Morgan fingerprint density at radius 1 is 0.960 bits per heavy atom. The van der Waals surface area contributed by atoms with Crippen LogP contribution in [0.15, 0.2) is 42.6 Å². The number of benzene rings is 1. The van der Waals surface area contributed by atoms with Crippen molar-refractivity contribution in [3.63, 3.8) is 0 Å². The van der Waals surface area contributed by atoms with Gasteiger partial charge in [-0.05, 0) is 36.2 Å². The van der Waals surface area contributed by atoms with Crippen LogP contribution in [0.2, 0.25) is 5.02 Å². The Bertz CT molecular complexity index is 730. The van der Waals surface area contributed by atoms with Crippen LogP contribution in [0.4, 0.5) is 0 Å². The van der Waals surface area contributed by atoms with Gasteiger partial charge in [-0.2, -0.15) is 0 Å². The van der Waals surface area contributed by atoms with Crippen LogP contribution in [-0.2, 0) is 22.4 Å². The van der Waals surface area contributed by atoms with Crippen LogP contribution in [0.1, 0.15) is 17.7 Å². The van der Waals surface area contributed by atoms with Gasteiger partial charge in [-0.25, -0.2) is 0 Å². The summed E-state index contributed by atoms with van der Waals surface area (Å²) in [6, 6.07) is 11.2. The molecule has 0 unspecified atom stereocenters. The topological polar surface area (TPSA) is 56.4 Å². The maximum Gasteiger partial charge on any atom is 0.228 e. The Labute approximate surface area is 152 Å². The number of aromatic amines is 1. The minimum Gasteiger partial charge on any atom is -0.365 e. The molecule has 2 aromatic rings. The molecular formula is C19H22ClN3O2. The third kappa shape index (κ3) is 4.86. The normalized spacial score (nSPS) is 15.1. The Kier molecular flexibility index (Phi) is 5.76. The van der Waals surface area contributed by atoms with E-state index in [1.54, 1.807) is 6.07 Å². The van der Waals surface area contributed by atoms with Crippen LogP contribution < -0.4 is 0 Å². The van der Waals surface area contributed by atoms with Gasteiger partial charge in [0.2, 0.25) is 11.8 Å². The first kappa shape index (κ1) is 17.5. The van der Waals surface area contributed by atoms with Gasteiger partial charge in [-0.1, -0.05) is 23.7 Å². The highest BCUT2D eigenvalue weighted by atomic mass is 35.5. The molecule has 1 aromatic carbocycles. The van der Waals surface area contributed by atoms with Gasteiger partial charge in [-0.15, -0.1) is 0 Å². The number of nitrogens with zero attached hydrogens (tertiary/aromatic N) is 2. The van der Waals surface area contributed by atoms with E-state index >= 15 is 0 Å². The fraction of sp³-hybridized carbons (Fsp3) is 0.368. The molecule has 1 fully saturated rings. The van der Waals surface area contributed by atoms with Crippen molar-refractivity contribution in [3.05, 3.63) is 58.9 Å². The number of hydrogen-bond acceptors (Lipinski definition) is 2. The monoisotopic (exact) mass is 359 g/mol. The first-order valence-electron chi connectivity index (χ1n) is 8.54. The van der Waals surface area contributed by atoms with Crippen molar-refractivity contribution in [3.8, 4) is 0 Å². The van der Waals surface area contributed by atoms with Gasteiger partial charge < -0.3 is 14.8 Å². The van der Waals surface area contributed by atoms with Gasteiger partial charge in [0, 0.05) is 43.1 Å². The quantitative estimate of drug-likeness (QED) is 0.912. The molecule has 1 saturated heterocycles. The highest BCUT2D eigenvalue weighted by Crippen LogP contribution is 2.13. The summed E-state index contributed by atoms with van der Waals surface area (Å²) < 4.78 is 0. The summed E-state index contributed by atoms with van der Waals surface area (Å²) in [5.74, 6) is 0.188. The van der Waals surface area contributed by atoms with Gasteiger partial charge >= 0.3 is 0 Å². The molecule has 25 heavy (non-hydrogen) atoms. The van der Waals surface area contributed by atoms with Crippen molar-refractivity contribution in [2.24, 2.45) is 0 Å². The lowest BCUT2D eigenvalue weighted by Gasteiger charge is -2.22. The number of amides is 2. The fourth-order valence-electron chi connectivity index (χ4n) is 3.10. The Balaban J connectivity index is 1.54. The zero-order valence-corrected chi connectivity index (χ0v) is 14.8. The first-order valence-corrected chi connectivity index (χ1v) is 8.92. The molecule has 2 amide bonds. The van der Waals surface area contributed by atoms with E-state index in [1.165, 1.54) is 0 Å². The van der Waals surface area contributed by atoms with Crippen molar-refractivity contribution in [1.29, 1.82) is 0 Å². The molecule has 0 spiro atoms. The molecular weight excluding hydrogens is 338 g/mol. The summed E-state index contributed by atoms with van der Waals surface area (Å²) in [5, 5.41) is 0.641. The molecule has 5 nitrogen and oxygen atoms in total. The smallest absolute Gasteiger partial charge is 0.228 e. The maximum atomic E-state index is 12.5. The van der Waals surface area contributed by atoms with Crippen LogP contribution in [0.25, 0.3) is 0 Å². The van der Waals surface area contributed by atoms with E-state index in [1.807, 2.05) is 46.3 Å². The van der Waals surface area contributed by atoms with Crippen molar-refractivity contribution < 1.29 is 9.59 Å². The lowest BCUT2D eigenvalue weighted by atomic mass is 10.1. The first-order chi connectivity index (χ1) is 12.1. The van der Waals surface area contributed by atoms with Crippen LogP contribution in [0.3, 0.4) is 0 Å². The molecule has 0 saturated carbocycles. The van der Waals surface area contributed by atoms with E-state index in [0.29, 0.717) is 44.0 Å². The van der Waals surface area contributed by atoms with Crippen molar-refractivity contribution in [1.82, 2.24) is 14.8 Å². The van der Waals surface area contributed by atoms with Crippen LogP contribution in [0.5, 0.6) is 0 Å². The Hall–Kier alpha value is -2.27. The predicted molar refractivity (Wildman–Crippen MR) is 97.4 cm³/mol. The number of hydrogen-bond donors (Lipinski definition) is 1. The van der Waals surface area contributed by atoms with Gasteiger partial charge in [0.25, 0.3) is 0 Å². The molecule has 0 aliphatic carbocycles. The molecule has 0 radical (unpaired) electrons. The molecule has 0 bridgehead atoms. The minimum absolute atomic E-state index is 0.0842.